The van der Waals surface area contributed by atoms with Crippen molar-refractivity contribution in [1.29, 1.82) is 0 Å². The maximum absolute atomic E-state index is 14.1. The summed E-state index contributed by atoms with van der Waals surface area (Å²) >= 11 is 7.70. The molecule has 11 atom stereocenters. The zero-order valence-electron chi connectivity index (χ0n) is 24.7. The number of aliphatic hydroxyl groups excluding tert-OH is 3. The average molecular weight is 629 g/mol. The number of nitrogens with zero attached hydrogens (tertiary/aromatic N) is 1. The molecule has 4 N–H and O–H groups in total. The van der Waals surface area contributed by atoms with E-state index in [1.54, 1.807) is 13.2 Å². The van der Waals surface area contributed by atoms with Gasteiger partial charge in [-0.3, -0.25) is 9.69 Å². The topological polar surface area (TPSA) is 138 Å². The van der Waals surface area contributed by atoms with Gasteiger partial charge in [-0.15, -0.1) is 23.4 Å². The van der Waals surface area contributed by atoms with Gasteiger partial charge < -0.3 is 34.8 Å². The van der Waals surface area contributed by atoms with Gasteiger partial charge in [0.25, 0.3) is 0 Å². The summed E-state index contributed by atoms with van der Waals surface area (Å²) < 4.78 is 17.9. The lowest BCUT2D eigenvalue weighted by Crippen LogP contribution is -2.65. The fourth-order valence-corrected chi connectivity index (χ4v) is 7.38. The van der Waals surface area contributed by atoms with E-state index in [9.17, 15) is 24.9 Å². The largest absolute Gasteiger partial charge is 0.445 e. The molecule has 3 heterocycles. The van der Waals surface area contributed by atoms with Crippen molar-refractivity contribution in [3.8, 4) is 0 Å². The summed E-state index contributed by atoms with van der Waals surface area (Å²) in [4.78, 5) is 29.0. The predicted octanol–water partition coefficient (Wildman–Crippen LogP) is 2.75. The van der Waals surface area contributed by atoms with Gasteiger partial charge >= 0.3 is 6.09 Å². The summed E-state index contributed by atoms with van der Waals surface area (Å²) in [5, 5.41) is 33.8. The molecular formula is C30H45ClN2O8S. The molecule has 10 nitrogen and oxygen atoms in total. The number of aliphatic hydroxyl groups is 3. The molecule has 3 saturated heterocycles. The molecule has 3 aliphatic heterocycles. The third-order valence-electron chi connectivity index (χ3n) is 8.52. The Morgan fingerprint density at radius 3 is 2.50 bits per heavy atom. The van der Waals surface area contributed by atoms with Crippen molar-refractivity contribution in [3.63, 3.8) is 0 Å². The van der Waals surface area contributed by atoms with Crippen LogP contribution in [0, 0.1) is 17.8 Å². The molecule has 0 saturated carbocycles. The molecule has 12 heteroatoms. The molecule has 0 aromatic heterocycles. The van der Waals surface area contributed by atoms with Gasteiger partial charge in [-0.05, 0) is 49.8 Å². The first-order chi connectivity index (χ1) is 20.0. The monoisotopic (exact) mass is 628 g/mol. The normalized spacial score (nSPS) is 34.8. The zero-order chi connectivity index (χ0) is 30.6. The number of carbonyl (C=O) groups excluding carboxylic acids is 2. The van der Waals surface area contributed by atoms with Crippen LogP contribution in [0.1, 0.15) is 45.6 Å². The van der Waals surface area contributed by atoms with Gasteiger partial charge in [-0.25, -0.2) is 4.79 Å². The van der Waals surface area contributed by atoms with Crippen molar-refractivity contribution < 1.29 is 39.1 Å². The minimum Gasteiger partial charge on any atom is -0.445 e. The molecule has 3 fully saturated rings. The first-order valence-electron chi connectivity index (χ1n) is 14.8. The molecule has 1 aromatic carbocycles. The number of likely N-dealkylation sites (tertiary alicyclic amines) is 1. The smallest absolute Gasteiger partial charge is 0.410 e. The highest BCUT2D eigenvalue weighted by molar-refractivity contribution is 7.99. The zero-order valence-corrected chi connectivity index (χ0v) is 26.2. The van der Waals surface area contributed by atoms with E-state index in [2.05, 4.69) is 19.2 Å². The lowest BCUT2D eigenvalue weighted by Gasteiger charge is -2.44. The minimum absolute atomic E-state index is 0.0579. The molecule has 0 radical (unpaired) electrons. The highest BCUT2D eigenvalue weighted by Gasteiger charge is 2.53. The van der Waals surface area contributed by atoms with Crippen molar-refractivity contribution in [3.05, 3.63) is 35.9 Å². The maximum atomic E-state index is 14.1. The molecule has 0 bridgehead atoms. The van der Waals surface area contributed by atoms with E-state index in [4.69, 9.17) is 25.8 Å². The number of carbonyl (C=O) groups is 2. The second-order valence-electron chi connectivity index (χ2n) is 12.1. The van der Waals surface area contributed by atoms with Crippen LogP contribution in [0.3, 0.4) is 0 Å². The van der Waals surface area contributed by atoms with Gasteiger partial charge in [0.1, 0.15) is 42.5 Å². The van der Waals surface area contributed by atoms with E-state index in [1.807, 2.05) is 30.3 Å². The summed E-state index contributed by atoms with van der Waals surface area (Å²) in [6.07, 6.45) is -2.08. The number of rotatable bonds is 9. The molecule has 236 valence electrons. The van der Waals surface area contributed by atoms with Crippen LogP contribution in [0.15, 0.2) is 30.3 Å². The van der Waals surface area contributed by atoms with E-state index in [-0.39, 0.29) is 12.5 Å². The van der Waals surface area contributed by atoms with E-state index in [0.717, 1.165) is 24.8 Å². The van der Waals surface area contributed by atoms with Crippen LogP contribution >= 0.6 is 23.4 Å². The van der Waals surface area contributed by atoms with Crippen molar-refractivity contribution in [2.45, 2.75) is 100 Å². The number of hydrogen-bond acceptors (Lipinski definition) is 9. The molecule has 5 unspecified atom stereocenters. The number of hydrogen-bond donors (Lipinski definition) is 4. The Kier molecular flexibility index (Phi) is 11.8. The first kappa shape index (κ1) is 33.3. The van der Waals surface area contributed by atoms with Crippen LogP contribution in [-0.2, 0) is 25.6 Å². The Bertz CT molecular complexity index is 1030. The first-order valence-corrected chi connectivity index (χ1v) is 16.5. The Labute approximate surface area is 257 Å². The van der Waals surface area contributed by atoms with Crippen molar-refractivity contribution in [1.82, 2.24) is 10.2 Å². The number of benzene rings is 1. The fourth-order valence-electron chi connectivity index (χ4n) is 6.49. The lowest BCUT2D eigenvalue weighted by atomic mass is 9.85. The van der Waals surface area contributed by atoms with Gasteiger partial charge in [-0.1, -0.05) is 44.2 Å². The summed E-state index contributed by atoms with van der Waals surface area (Å²) in [7, 11) is 0. The molecule has 0 spiro atoms. The second kappa shape index (κ2) is 14.9. The molecular weight excluding hydrogens is 584 g/mol. The van der Waals surface area contributed by atoms with Gasteiger partial charge in [0.15, 0.2) is 0 Å². The number of amides is 2. The Morgan fingerprint density at radius 2 is 1.86 bits per heavy atom. The molecule has 42 heavy (non-hydrogen) atoms. The molecule has 3 aliphatic rings. The summed E-state index contributed by atoms with van der Waals surface area (Å²) in [6.45, 7) is 6.89. The van der Waals surface area contributed by atoms with E-state index < -0.39 is 65.4 Å². The van der Waals surface area contributed by atoms with E-state index >= 15 is 0 Å². The maximum Gasteiger partial charge on any atom is 0.410 e. The number of alkyl halides is 1. The summed E-state index contributed by atoms with van der Waals surface area (Å²) in [5.41, 5.74) is 0.00342. The van der Waals surface area contributed by atoms with Gasteiger partial charge in [-0.2, -0.15) is 0 Å². The highest BCUT2D eigenvalue weighted by atomic mass is 35.5. The second-order valence-corrected chi connectivity index (χ2v) is 13.8. The van der Waals surface area contributed by atoms with Gasteiger partial charge in [0.05, 0.1) is 17.5 Å². The molecule has 2 amide bonds. The van der Waals surface area contributed by atoms with Gasteiger partial charge in [0, 0.05) is 19.1 Å². The lowest BCUT2D eigenvalue weighted by molar-refractivity contribution is -0.205. The van der Waals surface area contributed by atoms with Crippen LogP contribution in [0.4, 0.5) is 4.79 Å². The Balaban J connectivity index is 1.56. The Hall–Kier alpha value is -1.60. The summed E-state index contributed by atoms with van der Waals surface area (Å²) in [6, 6.07) is 7.41. The van der Waals surface area contributed by atoms with E-state index in [1.165, 1.54) is 16.7 Å². The van der Waals surface area contributed by atoms with E-state index in [0.29, 0.717) is 25.0 Å². The van der Waals surface area contributed by atoms with Crippen molar-refractivity contribution in [2.75, 3.05) is 19.4 Å². The van der Waals surface area contributed by atoms with Crippen molar-refractivity contribution in [2.24, 2.45) is 17.8 Å². The number of nitrogens with one attached hydrogen (secondary N) is 1. The van der Waals surface area contributed by atoms with Crippen LogP contribution in [0.5, 0.6) is 0 Å². The third-order valence-corrected chi connectivity index (χ3v) is 9.65. The SMILES string of the molecule is CSC1OC([C@H](NC(=O)[C@@H]2[C@@H]3OCC[C@@H](CC(C)C)C[C@H]3CN2C(=O)OCc2ccccc2)[C@H](C)Cl)C(O)C(O)C1O. The molecule has 0 aliphatic carbocycles. The van der Waals surface area contributed by atoms with Crippen LogP contribution in [0.2, 0.25) is 0 Å². The highest BCUT2D eigenvalue weighted by Crippen LogP contribution is 2.38. The molecule has 1 aromatic rings. The number of ether oxygens (including phenoxy) is 3. The number of fused-ring (bicyclic) bond motifs is 1. The molecule has 4 rings (SSSR count). The van der Waals surface area contributed by atoms with Crippen LogP contribution in [0.25, 0.3) is 0 Å². The van der Waals surface area contributed by atoms with Crippen LogP contribution < -0.4 is 5.32 Å². The standard InChI is InChI=1S/C30H45ClN2O8S/c1-16(2)12-19-10-11-39-26-20(13-19)14-33(30(38)40-15-18-8-6-5-7-9-18)22(26)28(37)32-21(17(3)31)27-24(35)23(34)25(36)29(41-27)42-4/h5-9,16-17,19-27,29,34-36H,10-15H2,1-4H3,(H,32,37)/t17-,19-,20-,21+,22-,23?,24?,25?,26+,27?,29?/m0/s1. The predicted molar refractivity (Wildman–Crippen MR) is 160 cm³/mol. The quantitative estimate of drug-likeness (QED) is 0.304. The van der Waals surface area contributed by atoms with Crippen molar-refractivity contribution >= 4 is 35.4 Å². The van der Waals surface area contributed by atoms with Crippen LogP contribution in [-0.4, -0.2) is 105 Å². The fraction of sp³-hybridized carbons (Fsp3) is 0.733. The Morgan fingerprint density at radius 1 is 1.14 bits per heavy atom. The summed E-state index contributed by atoms with van der Waals surface area (Å²) in [5.74, 6) is 0.376. The number of halogens is 1. The number of thioether (sulfide) groups is 1. The third kappa shape index (κ3) is 7.72. The average Bonchev–Trinajstić information content (AvgIpc) is 3.20. The van der Waals surface area contributed by atoms with Gasteiger partial charge in [0.2, 0.25) is 5.91 Å². The minimum atomic E-state index is -1.50.